The van der Waals surface area contributed by atoms with Gasteiger partial charge in [-0.15, -0.1) is 22.9 Å². The Morgan fingerprint density at radius 2 is 1.95 bits per heavy atom. The quantitative estimate of drug-likeness (QED) is 0.538. The lowest BCUT2D eigenvalue weighted by atomic mass is 10.2. The summed E-state index contributed by atoms with van der Waals surface area (Å²) in [6.07, 6.45) is 0. The average Bonchev–Trinajstić information content (AvgIpc) is 3.02. The minimum absolute atomic E-state index is 0.144. The summed E-state index contributed by atoms with van der Waals surface area (Å²) in [6, 6.07) is 10.3. The van der Waals surface area contributed by atoms with Crippen LogP contribution in [0, 0.1) is 6.92 Å². The van der Waals surface area contributed by atoms with Crippen LogP contribution in [0.1, 0.15) is 41.5 Å². The first-order valence-electron chi connectivity index (χ1n) is 6.85. The van der Waals surface area contributed by atoms with Crippen molar-refractivity contribution < 1.29 is 0 Å². The topological polar surface area (TPSA) is 17.8 Å². The largest absolute Gasteiger partial charge is 0.318 e. The standard InChI is InChI=1S/C16H16Cl2N2S/c1-9-5-4-6-12-15(9)20(16(19-12)10(2)17)11(3)13-7-8-14(18)21-13/h4-8,10-11H,1-3H3. The Bertz CT molecular complexity index is 789. The Morgan fingerprint density at radius 3 is 2.57 bits per heavy atom. The number of nitrogens with zero attached hydrogens (tertiary/aromatic N) is 2. The predicted octanol–water partition coefficient (Wildman–Crippen LogP) is 5.97. The Labute approximate surface area is 138 Å². The Morgan fingerprint density at radius 1 is 1.19 bits per heavy atom. The van der Waals surface area contributed by atoms with Gasteiger partial charge in [-0.2, -0.15) is 0 Å². The van der Waals surface area contributed by atoms with Gasteiger partial charge in [-0.1, -0.05) is 23.7 Å². The summed E-state index contributed by atoms with van der Waals surface area (Å²) in [5.41, 5.74) is 3.35. The second-order valence-electron chi connectivity index (χ2n) is 5.22. The molecular weight excluding hydrogens is 323 g/mol. The molecule has 2 heterocycles. The summed E-state index contributed by atoms with van der Waals surface area (Å²) in [4.78, 5) is 5.94. The highest BCUT2D eigenvalue weighted by Crippen LogP contribution is 2.35. The number of hydrogen-bond acceptors (Lipinski definition) is 2. The monoisotopic (exact) mass is 338 g/mol. The van der Waals surface area contributed by atoms with Crippen molar-refractivity contribution in [3.63, 3.8) is 0 Å². The van der Waals surface area contributed by atoms with Crippen molar-refractivity contribution in [2.75, 3.05) is 0 Å². The van der Waals surface area contributed by atoms with Gasteiger partial charge in [0.15, 0.2) is 0 Å². The van der Waals surface area contributed by atoms with Crippen molar-refractivity contribution in [1.82, 2.24) is 9.55 Å². The van der Waals surface area contributed by atoms with Crippen LogP contribution >= 0.6 is 34.5 Å². The van der Waals surface area contributed by atoms with Crippen LogP contribution in [0.15, 0.2) is 30.3 Å². The molecule has 0 aliphatic carbocycles. The normalized spacial score (nSPS) is 14.5. The lowest BCUT2D eigenvalue weighted by Crippen LogP contribution is -2.10. The van der Waals surface area contributed by atoms with E-state index in [1.807, 2.05) is 25.1 Å². The third kappa shape index (κ3) is 2.59. The van der Waals surface area contributed by atoms with E-state index in [4.69, 9.17) is 28.2 Å². The van der Waals surface area contributed by atoms with Gasteiger partial charge in [0.25, 0.3) is 0 Å². The number of para-hydroxylation sites is 1. The fourth-order valence-electron chi connectivity index (χ4n) is 2.69. The van der Waals surface area contributed by atoms with Crippen LogP contribution in [0.3, 0.4) is 0 Å². The number of halogens is 2. The number of rotatable bonds is 3. The summed E-state index contributed by atoms with van der Waals surface area (Å²) in [5.74, 6) is 0.901. The fraction of sp³-hybridized carbons (Fsp3) is 0.312. The number of imidazole rings is 1. The van der Waals surface area contributed by atoms with E-state index in [0.717, 1.165) is 21.2 Å². The minimum atomic E-state index is -0.144. The minimum Gasteiger partial charge on any atom is -0.318 e. The molecule has 2 aromatic heterocycles. The molecule has 110 valence electrons. The van der Waals surface area contributed by atoms with Gasteiger partial charge in [-0.05, 0) is 44.5 Å². The van der Waals surface area contributed by atoms with Gasteiger partial charge in [0.1, 0.15) is 5.82 Å². The Balaban J connectivity index is 2.26. The second-order valence-corrected chi connectivity index (χ2v) is 7.62. The summed E-state index contributed by atoms with van der Waals surface area (Å²) < 4.78 is 3.04. The highest BCUT2D eigenvalue weighted by molar-refractivity contribution is 7.16. The van der Waals surface area contributed by atoms with Gasteiger partial charge in [0.05, 0.1) is 26.8 Å². The molecule has 2 unspecified atom stereocenters. The van der Waals surface area contributed by atoms with E-state index in [1.165, 1.54) is 10.4 Å². The lowest BCUT2D eigenvalue weighted by Gasteiger charge is -2.18. The lowest BCUT2D eigenvalue weighted by molar-refractivity contribution is 0.627. The third-order valence-electron chi connectivity index (χ3n) is 3.69. The van der Waals surface area contributed by atoms with Crippen molar-refractivity contribution >= 4 is 45.6 Å². The molecule has 0 saturated carbocycles. The predicted molar refractivity (Wildman–Crippen MR) is 91.9 cm³/mol. The van der Waals surface area contributed by atoms with Crippen molar-refractivity contribution in [1.29, 1.82) is 0 Å². The van der Waals surface area contributed by atoms with Crippen LogP contribution in [0.4, 0.5) is 0 Å². The molecule has 3 rings (SSSR count). The number of fused-ring (bicyclic) bond motifs is 1. The first-order valence-corrected chi connectivity index (χ1v) is 8.49. The molecule has 0 saturated heterocycles. The van der Waals surface area contributed by atoms with Crippen LogP contribution in [0.25, 0.3) is 11.0 Å². The zero-order valence-electron chi connectivity index (χ0n) is 12.1. The summed E-state index contributed by atoms with van der Waals surface area (Å²) in [7, 11) is 0. The van der Waals surface area contributed by atoms with Gasteiger partial charge in [-0.3, -0.25) is 0 Å². The van der Waals surface area contributed by atoms with E-state index in [-0.39, 0.29) is 11.4 Å². The van der Waals surface area contributed by atoms with Crippen LogP contribution in [0.5, 0.6) is 0 Å². The molecule has 0 amide bonds. The molecule has 0 radical (unpaired) electrons. The maximum absolute atomic E-state index is 6.36. The van der Waals surface area contributed by atoms with E-state index in [0.29, 0.717) is 0 Å². The fourth-order valence-corrected chi connectivity index (χ4v) is 3.95. The Kier molecular flexibility index (Phi) is 4.00. The summed E-state index contributed by atoms with van der Waals surface area (Å²) in [6.45, 7) is 6.23. The number of aromatic nitrogens is 2. The number of aryl methyl sites for hydroxylation is 1. The van der Waals surface area contributed by atoms with Gasteiger partial charge in [-0.25, -0.2) is 4.98 Å². The highest BCUT2D eigenvalue weighted by atomic mass is 35.5. The zero-order valence-corrected chi connectivity index (χ0v) is 14.4. The molecule has 2 atom stereocenters. The number of alkyl halides is 1. The maximum atomic E-state index is 6.36. The summed E-state index contributed by atoms with van der Waals surface area (Å²) in [5, 5.41) is -0.144. The van der Waals surface area contributed by atoms with Crippen LogP contribution in [-0.2, 0) is 0 Å². The van der Waals surface area contributed by atoms with Gasteiger partial charge in [0.2, 0.25) is 0 Å². The highest BCUT2D eigenvalue weighted by Gasteiger charge is 2.22. The van der Waals surface area contributed by atoms with E-state index >= 15 is 0 Å². The van der Waals surface area contributed by atoms with Gasteiger partial charge < -0.3 is 4.57 Å². The first-order chi connectivity index (χ1) is 9.99. The number of benzene rings is 1. The molecular formula is C16H16Cl2N2S. The molecule has 0 bridgehead atoms. The van der Waals surface area contributed by atoms with Crippen LogP contribution in [0.2, 0.25) is 4.34 Å². The molecule has 0 aliphatic heterocycles. The molecule has 0 fully saturated rings. The molecule has 0 N–H and O–H groups in total. The maximum Gasteiger partial charge on any atom is 0.128 e. The second kappa shape index (κ2) is 5.64. The van der Waals surface area contributed by atoms with Gasteiger partial charge >= 0.3 is 0 Å². The SMILES string of the molecule is Cc1cccc2nc(C(C)Cl)n(C(C)c3ccc(Cl)s3)c12. The molecule has 1 aromatic carbocycles. The van der Waals surface area contributed by atoms with Crippen LogP contribution in [-0.4, -0.2) is 9.55 Å². The van der Waals surface area contributed by atoms with Crippen molar-refractivity contribution in [3.05, 3.63) is 50.9 Å². The molecule has 0 aliphatic rings. The smallest absolute Gasteiger partial charge is 0.128 e. The average molecular weight is 339 g/mol. The van der Waals surface area contributed by atoms with E-state index in [2.05, 4.69) is 30.5 Å². The molecule has 21 heavy (non-hydrogen) atoms. The molecule has 0 spiro atoms. The zero-order chi connectivity index (χ0) is 15.1. The third-order valence-corrected chi connectivity index (χ3v) is 5.28. The van der Waals surface area contributed by atoms with Crippen LogP contribution < -0.4 is 0 Å². The van der Waals surface area contributed by atoms with E-state index in [1.54, 1.807) is 11.3 Å². The molecule has 5 heteroatoms. The van der Waals surface area contributed by atoms with Crippen molar-refractivity contribution in [3.8, 4) is 0 Å². The van der Waals surface area contributed by atoms with Crippen molar-refractivity contribution in [2.24, 2.45) is 0 Å². The molecule has 2 nitrogen and oxygen atoms in total. The van der Waals surface area contributed by atoms with E-state index in [9.17, 15) is 0 Å². The van der Waals surface area contributed by atoms with Crippen molar-refractivity contribution in [2.45, 2.75) is 32.2 Å². The molecule has 3 aromatic rings. The summed E-state index contributed by atoms with van der Waals surface area (Å²) >= 11 is 14.1. The number of thiophene rings is 1. The van der Waals surface area contributed by atoms with Gasteiger partial charge in [0, 0.05) is 4.88 Å². The Hall–Kier alpha value is -1.03. The van der Waals surface area contributed by atoms with E-state index < -0.39 is 0 Å². The number of hydrogen-bond donors (Lipinski definition) is 0. The first kappa shape index (κ1) is 14.9.